The highest BCUT2D eigenvalue weighted by molar-refractivity contribution is 5.92. The second-order valence-electron chi connectivity index (χ2n) is 6.80. The van der Waals surface area contributed by atoms with E-state index in [1.807, 2.05) is 66.7 Å². The number of hydrazine groups is 1. The summed E-state index contributed by atoms with van der Waals surface area (Å²) in [4.78, 5) is 29.2. The normalized spacial score (nSPS) is 15.7. The minimum Gasteiger partial charge on any atom is -0.273 e. The Hall–Kier alpha value is -3.74. The van der Waals surface area contributed by atoms with Crippen molar-refractivity contribution < 1.29 is 9.59 Å². The summed E-state index contributed by atoms with van der Waals surface area (Å²) in [5.41, 5.74) is 6.56. The van der Waals surface area contributed by atoms with Crippen LogP contribution in [0.25, 0.3) is 17.1 Å². The molecule has 1 heterocycles. The smallest absolute Gasteiger partial charge is 0.273 e. The molecule has 1 unspecified atom stereocenters. The van der Waals surface area contributed by atoms with E-state index in [0.29, 0.717) is 12.2 Å². The van der Waals surface area contributed by atoms with Crippen LogP contribution in [0.2, 0.25) is 0 Å². The lowest BCUT2D eigenvalue weighted by Gasteiger charge is -2.16. The molecule has 1 aliphatic carbocycles. The van der Waals surface area contributed by atoms with Gasteiger partial charge in [0.15, 0.2) is 5.82 Å². The number of allylic oxidation sites excluding steroid dienone is 2. The summed E-state index contributed by atoms with van der Waals surface area (Å²) in [5.74, 6) is -0.359. The molecular formula is C22H21N5O2. The molecule has 0 fully saturated rings. The van der Waals surface area contributed by atoms with Gasteiger partial charge in [-0.1, -0.05) is 60.7 Å². The van der Waals surface area contributed by atoms with Gasteiger partial charge in [0.1, 0.15) is 0 Å². The number of aromatic nitrogens is 3. The standard InChI is InChI=1S/C22H21N5O2/c28-21(17-12-6-2-7-13-17)24-25-22(29)19-23-20(16-10-4-1-5-11-16)27(26-19)18-14-8-3-9-15-18/h1-6,8-11,14-15,17H,7,12-13H2,(H,24,28)(H,25,29). The number of nitrogens with one attached hydrogen (secondary N) is 2. The Labute approximate surface area is 168 Å². The number of hydrogen-bond acceptors (Lipinski definition) is 4. The molecule has 0 radical (unpaired) electrons. The zero-order valence-electron chi connectivity index (χ0n) is 15.8. The maximum atomic E-state index is 12.6. The molecular weight excluding hydrogens is 366 g/mol. The number of benzene rings is 2. The monoisotopic (exact) mass is 387 g/mol. The van der Waals surface area contributed by atoms with Crippen LogP contribution in [0.4, 0.5) is 0 Å². The highest BCUT2D eigenvalue weighted by Crippen LogP contribution is 2.21. The Morgan fingerprint density at radius 1 is 0.931 bits per heavy atom. The van der Waals surface area contributed by atoms with Crippen molar-refractivity contribution >= 4 is 11.8 Å². The third kappa shape index (κ3) is 4.24. The maximum absolute atomic E-state index is 12.6. The number of para-hydroxylation sites is 1. The molecule has 1 atom stereocenters. The van der Waals surface area contributed by atoms with Crippen LogP contribution in [0, 0.1) is 5.92 Å². The average molecular weight is 387 g/mol. The van der Waals surface area contributed by atoms with Gasteiger partial charge >= 0.3 is 5.91 Å². The van der Waals surface area contributed by atoms with Crippen LogP contribution in [0.1, 0.15) is 29.9 Å². The number of amides is 2. The van der Waals surface area contributed by atoms with E-state index in [1.54, 1.807) is 4.68 Å². The van der Waals surface area contributed by atoms with E-state index in [4.69, 9.17) is 0 Å². The fraction of sp³-hybridized carbons (Fsp3) is 0.182. The largest absolute Gasteiger partial charge is 0.309 e. The first-order valence-corrected chi connectivity index (χ1v) is 9.55. The fourth-order valence-corrected chi connectivity index (χ4v) is 3.24. The molecule has 7 nitrogen and oxygen atoms in total. The van der Waals surface area contributed by atoms with Crippen LogP contribution >= 0.6 is 0 Å². The number of hydrogen-bond donors (Lipinski definition) is 2. The predicted octanol–water partition coefficient (Wildman–Crippen LogP) is 3.05. The molecule has 0 aliphatic heterocycles. The second-order valence-corrected chi connectivity index (χ2v) is 6.80. The molecule has 3 aromatic rings. The predicted molar refractivity (Wildman–Crippen MR) is 109 cm³/mol. The third-order valence-corrected chi connectivity index (χ3v) is 4.78. The zero-order chi connectivity index (χ0) is 20.1. The van der Waals surface area contributed by atoms with E-state index in [2.05, 4.69) is 27.0 Å². The summed E-state index contributed by atoms with van der Waals surface area (Å²) in [7, 11) is 0. The molecule has 146 valence electrons. The first kappa shape index (κ1) is 18.6. The minimum absolute atomic E-state index is 0.0171. The first-order chi connectivity index (χ1) is 14.2. The van der Waals surface area contributed by atoms with Crippen molar-refractivity contribution in [2.24, 2.45) is 5.92 Å². The van der Waals surface area contributed by atoms with Gasteiger partial charge in [-0.2, -0.15) is 0 Å². The van der Waals surface area contributed by atoms with Crippen molar-refractivity contribution in [3.63, 3.8) is 0 Å². The Morgan fingerprint density at radius 2 is 1.66 bits per heavy atom. The lowest BCUT2D eigenvalue weighted by molar-refractivity contribution is -0.126. The number of carbonyl (C=O) groups is 2. The molecule has 0 spiro atoms. The van der Waals surface area contributed by atoms with E-state index in [-0.39, 0.29) is 17.6 Å². The van der Waals surface area contributed by atoms with E-state index in [0.717, 1.165) is 24.1 Å². The zero-order valence-corrected chi connectivity index (χ0v) is 15.8. The average Bonchev–Trinajstić information content (AvgIpc) is 3.25. The van der Waals surface area contributed by atoms with Gasteiger partial charge in [0, 0.05) is 11.5 Å². The van der Waals surface area contributed by atoms with Crippen molar-refractivity contribution in [3.05, 3.63) is 78.6 Å². The molecule has 0 bridgehead atoms. The Bertz CT molecular complexity index is 971. The van der Waals surface area contributed by atoms with Crippen LogP contribution in [0.3, 0.4) is 0 Å². The molecule has 0 saturated heterocycles. The quantitative estimate of drug-likeness (QED) is 0.532. The molecule has 29 heavy (non-hydrogen) atoms. The Morgan fingerprint density at radius 3 is 2.34 bits per heavy atom. The second kappa shape index (κ2) is 8.52. The van der Waals surface area contributed by atoms with Crippen molar-refractivity contribution in [2.75, 3.05) is 0 Å². The van der Waals surface area contributed by atoms with Gasteiger partial charge in [0.25, 0.3) is 0 Å². The molecule has 2 aromatic carbocycles. The molecule has 0 saturated carbocycles. The number of rotatable bonds is 4. The molecule has 7 heteroatoms. The molecule has 4 rings (SSSR count). The van der Waals surface area contributed by atoms with Gasteiger partial charge in [-0.15, -0.1) is 5.10 Å². The molecule has 2 N–H and O–H groups in total. The van der Waals surface area contributed by atoms with Gasteiger partial charge in [-0.05, 0) is 31.4 Å². The lowest BCUT2D eigenvalue weighted by atomic mass is 9.94. The summed E-state index contributed by atoms with van der Waals surface area (Å²) in [6.07, 6.45) is 6.38. The fourth-order valence-electron chi connectivity index (χ4n) is 3.24. The van der Waals surface area contributed by atoms with E-state index in [1.165, 1.54) is 0 Å². The maximum Gasteiger partial charge on any atom is 0.309 e. The highest BCUT2D eigenvalue weighted by Gasteiger charge is 2.22. The van der Waals surface area contributed by atoms with E-state index < -0.39 is 5.91 Å². The van der Waals surface area contributed by atoms with Crippen molar-refractivity contribution in [1.29, 1.82) is 0 Å². The summed E-state index contributed by atoms with van der Waals surface area (Å²) in [5, 5.41) is 4.38. The van der Waals surface area contributed by atoms with Crippen molar-refractivity contribution in [2.45, 2.75) is 19.3 Å². The summed E-state index contributed by atoms with van der Waals surface area (Å²) in [6.45, 7) is 0. The van der Waals surface area contributed by atoms with Crippen molar-refractivity contribution in [3.8, 4) is 17.1 Å². The van der Waals surface area contributed by atoms with Gasteiger partial charge in [-0.25, -0.2) is 9.67 Å². The van der Waals surface area contributed by atoms with Crippen LogP contribution in [-0.4, -0.2) is 26.6 Å². The summed E-state index contributed by atoms with van der Waals surface area (Å²) in [6, 6.07) is 19.0. The van der Waals surface area contributed by atoms with Gasteiger partial charge < -0.3 is 0 Å². The molecule has 2 amide bonds. The van der Waals surface area contributed by atoms with Crippen LogP contribution in [0.15, 0.2) is 72.8 Å². The van der Waals surface area contributed by atoms with Gasteiger partial charge in [0.2, 0.25) is 11.7 Å². The van der Waals surface area contributed by atoms with Crippen LogP contribution in [0.5, 0.6) is 0 Å². The summed E-state index contributed by atoms with van der Waals surface area (Å²) < 4.78 is 1.62. The van der Waals surface area contributed by atoms with Crippen LogP contribution in [-0.2, 0) is 4.79 Å². The SMILES string of the molecule is O=C(NNC(=O)C1CC=CCC1)c1nc(-c2ccccc2)n(-c2ccccc2)n1. The lowest BCUT2D eigenvalue weighted by Crippen LogP contribution is -2.45. The third-order valence-electron chi connectivity index (χ3n) is 4.78. The Balaban J connectivity index is 1.56. The minimum atomic E-state index is -0.559. The van der Waals surface area contributed by atoms with Crippen LogP contribution < -0.4 is 10.9 Å². The molecule has 1 aromatic heterocycles. The van der Waals surface area contributed by atoms with E-state index >= 15 is 0 Å². The van der Waals surface area contributed by atoms with Gasteiger partial charge in [-0.3, -0.25) is 20.4 Å². The Kier molecular flexibility index (Phi) is 5.47. The molecule has 1 aliphatic rings. The first-order valence-electron chi connectivity index (χ1n) is 9.55. The highest BCUT2D eigenvalue weighted by atomic mass is 16.2. The number of nitrogens with zero attached hydrogens (tertiary/aromatic N) is 3. The van der Waals surface area contributed by atoms with E-state index in [9.17, 15) is 9.59 Å². The number of carbonyl (C=O) groups excluding carboxylic acids is 2. The topological polar surface area (TPSA) is 88.9 Å². The van der Waals surface area contributed by atoms with Gasteiger partial charge in [0.05, 0.1) is 5.69 Å². The summed E-state index contributed by atoms with van der Waals surface area (Å²) >= 11 is 0. The van der Waals surface area contributed by atoms with Crippen molar-refractivity contribution in [1.82, 2.24) is 25.6 Å².